The summed E-state index contributed by atoms with van der Waals surface area (Å²) in [5.74, 6) is -0.304. The van der Waals surface area contributed by atoms with Gasteiger partial charge in [0.1, 0.15) is 5.75 Å². The van der Waals surface area contributed by atoms with Gasteiger partial charge in [0.05, 0.1) is 16.3 Å². The Morgan fingerprint density at radius 3 is 2.87 bits per heavy atom. The van der Waals surface area contributed by atoms with Gasteiger partial charge >= 0.3 is 0 Å². The lowest BCUT2D eigenvalue weighted by Gasteiger charge is -2.03. The largest absolute Gasteiger partial charge is 0.507 e. The van der Waals surface area contributed by atoms with E-state index in [1.54, 1.807) is 48.6 Å². The summed E-state index contributed by atoms with van der Waals surface area (Å²) >= 11 is 1.56. The topological polar surface area (TPSA) is 90.4 Å². The monoisotopic (exact) mass is 326 g/mol. The minimum Gasteiger partial charge on any atom is -0.507 e. The third kappa shape index (κ3) is 3.29. The molecule has 0 radical (unpaired) electrons. The Bertz CT molecular complexity index is 853. The lowest BCUT2D eigenvalue weighted by atomic mass is 10.1. The molecule has 2 heterocycles. The number of nitrogens with one attached hydrogen (secondary N) is 2. The predicted octanol–water partition coefficient (Wildman–Crippen LogP) is 3.00. The number of amides is 1. The van der Waals surface area contributed by atoms with Crippen molar-refractivity contribution in [3.8, 4) is 16.3 Å². The van der Waals surface area contributed by atoms with Crippen LogP contribution in [0, 0.1) is 0 Å². The fraction of sp³-hybridized carbons (Fsp3) is 0.0625. The normalized spacial score (nSPS) is 11.4. The van der Waals surface area contributed by atoms with Gasteiger partial charge in [-0.05, 0) is 36.6 Å². The molecule has 2 aromatic heterocycles. The highest BCUT2D eigenvalue weighted by Gasteiger charge is 2.12. The Morgan fingerprint density at radius 1 is 1.30 bits per heavy atom. The molecule has 3 N–H and O–H groups in total. The highest BCUT2D eigenvalue weighted by Crippen LogP contribution is 2.22. The van der Waals surface area contributed by atoms with E-state index in [1.807, 2.05) is 17.5 Å². The molecular formula is C16H14N4O2S. The minimum atomic E-state index is -0.418. The summed E-state index contributed by atoms with van der Waals surface area (Å²) in [6.07, 6.45) is 0. The van der Waals surface area contributed by atoms with Crippen molar-refractivity contribution >= 4 is 23.0 Å². The molecule has 1 amide bonds. The van der Waals surface area contributed by atoms with E-state index in [0.717, 1.165) is 10.6 Å². The van der Waals surface area contributed by atoms with Crippen LogP contribution in [0.25, 0.3) is 10.6 Å². The number of hydrogen-bond acceptors (Lipinski definition) is 5. The summed E-state index contributed by atoms with van der Waals surface area (Å²) in [6.45, 7) is 1.71. The Kier molecular flexibility index (Phi) is 4.20. The van der Waals surface area contributed by atoms with Crippen molar-refractivity contribution in [2.45, 2.75) is 6.92 Å². The number of rotatable bonds is 4. The van der Waals surface area contributed by atoms with Crippen LogP contribution in [-0.4, -0.2) is 26.9 Å². The van der Waals surface area contributed by atoms with Crippen LogP contribution in [0.2, 0.25) is 0 Å². The third-order valence-electron chi connectivity index (χ3n) is 3.22. The number of hydrazone groups is 1. The van der Waals surface area contributed by atoms with E-state index in [9.17, 15) is 9.90 Å². The summed E-state index contributed by atoms with van der Waals surface area (Å²) in [5.41, 5.74) is 4.55. The number of aromatic hydroxyl groups is 1. The van der Waals surface area contributed by atoms with Gasteiger partial charge in [-0.3, -0.25) is 9.89 Å². The van der Waals surface area contributed by atoms with Crippen LogP contribution in [-0.2, 0) is 0 Å². The van der Waals surface area contributed by atoms with Crippen molar-refractivity contribution in [2.75, 3.05) is 0 Å². The van der Waals surface area contributed by atoms with E-state index < -0.39 is 5.91 Å². The average Bonchev–Trinajstić information content (AvgIpc) is 3.23. The van der Waals surface area contributed by atoms with Crippen LogP contribution in [0.4, 0.5) is 0 Å². The summed E-state index contributed by atoms with van der Waals surface area (Å²) in [6, 6.07) is 12.4. The van der Waals surface area contributed by atoms with E-state index in [4.69, 9.17) is 0 Å². The molecular weight excluding hydrogens is 312 g/mol. The molecule has 0 saturated heterocycles. The second kappa shape index (κ2) is 6.45. The van der Waals surface area contributed by atoms with Crippen molar-refractivity contribution in [1.29, 1.82) is 0 Å². The van der Waals surface area contributed by atoms with Gasteiger partial charge < -0.3 is 5.11 Å². The first-order valence-electron chi connectivity index (χ1n) is 6.87. The van der Waals surface area contributed by atoms with Crippen molar-refractivity contribution in [1.82, 2.24) is 15.6 Å². The molecule has 0 unspecified atom stereocenters. The smallest absolute Gasteiger partial charge is 0.291 e. The number of thiophene rings is 1. The molecule has 7 heteroatoms. The first kappa shape index (κ1) is 15.0. The number of hydrogen-bond donors (Lipinski definition) is 3. The zero-order chi connectivity index (χ0) is 16.2. The lowest BCUT2D eigenvalue weighted by Crippen LogP contribution is -2.19. The van der Waals surface area contributed by atoms with Crippen LogP contribution in [0.3, 0.4) is 0 Å². The van der Waals surface area contributed by atoms with Crippen LogP contribution in [0.15, 0.2) is 52.9 Å². The van der Waals surface area contributed by atoms with Crippen molar-refractivity contribution in [3.63, 3.8) is 0 Å². The van der Waals surface area contributed by atoms with E-state index in [2.05, 4.69) is 20.7 Å². The highest BCUT2D eigenvalue weighted by molar-refractivity contribution is 7.13. The number of nitrogens with zero attached hydrogens (tertiary/aromatic N) is 2. The Labute approximate surface area is 136 Å². The molecule has 116 valence electrons. The molecule has 23 heavy (non-hydrogen) atoms. The predicted molar refractivity (Wildman–Crippen MR) is 89.7 cm³/mol. The van der Waals surface area contributed by atoms with Gasteiger partial charge in [0.25, 0.3) is 5.91 Å². The molecule has 6 nitrogen and oxygen atoms in total. The number of phenols is 1. The van der Waals surface area contributed by atoms with Crippen LogP contribution >= 0.6 is 11.3 Å². The molecule has 0 aliphatic carbocycles. The molecule has 0 atom stereocenters. The number of aromatic nitrogens is 2. The maximum atomic E-state index is 12.1. The fourth-order valence-corrected chi connectivity index (χ4v) is 2.72. The van der Waals surface area contributed by atoms with Crippen molar-refractivity contribution < 1.29 is 9.90 Å². The molecule has 3 rings (SSSR count). The summed E-state index contributed by atoms with van der Waals surface area (Å²) in [7, 11) is 0. The number of H-pyrrole nitrogens is 1. The van der Waals surface area contributed by atoms with Crippen molar-refractivity contribution in [3.05, 3.63) is 59.1 Å². The Balaban J connectivity index is 1.72. The fourth-order valence-electron chi connectivity index (χ4n) is 2.03. The molecule has 0 saturated carbocycles. The summed E-state index contributed by atoms with van der Waals surface area (Å²) < 4.78 is 0. The number of carbonyl (C=O) groups is 1. The maximum Gasteiger partial charge on any atom is 0.291 e. The van der Waals surface area contributed by atoms with Gasteiger partial charge in [0.2, 0.25) is 0 Å². The van der Waals surface area contributed by atoms with E-state index in [1.165, 1.54) is 0 Å². The van der Waals surface area contributed by atoms with E-state index >= 15 is 0 Å². The van der Waals surface area contributed by atoms with E-state index in [-0.39, 0.29) is 11.4 Å². The molecule has 0 bridgehead atoms. The number of benzene rings is 1. The Hall–Kier alpha value is -2.93. The number of phenolic OH excluding ortho intramolecular Hbond substituents is 1. The van der Waals surface area contributed by atoms with Gasteiger partial charge in [-0.2, -0.15) is 10.2 Å². The van der Waals surface area contributed by atoms with Gasteiger partial charge in [-0.1, -0.05) is 18.2 Å². The van der Waals surface area contributed by atoms with E-state index in [0.29, 0.717) is 11.3 Å². The molecule has 0 aliphatic heterocycles. The average molecular weight is 326 g/mol. The zero-order valence-electron chi connectivity index (χ0n) is 12.3. The van der Waals surface area contributed by atoms with Crippen molar-refractivity contribution in [2.24, 2.45) is 5.10 Å². The highest BCUT2D eigenvalue weighted by atomic mass is 32.1. The molecule has 3 aromatic rings. The van der Waals surface area contributed by atoms with Gasteiger partial charge in [0, 0.05) is 5.56 Å². The second-order valence-electron chi connectivity index (χ2n) is 4.80. The summed E-state index contributed by atoms with van der Waals surface area (Å²) in [5, 5.41) is 22.5. The molecule has 0 fully saturated rings. The first-order valence-corrected chi connectivity index (χ1v) is 7.75. The minimum absolute atomic E-state index is 0.114. The molecule has 1 aromatic carbocycles. The maximum absolute atomic E-state index is 12.1. The van der Waals surface area contributed by atoms with Crippen LogP contribution in [0.1, 0.15) is 23.0 Å². The van der Waals surface area contributed by atoms with Gasteiger partial charge in [-0.25, -0.2) is 5.43 Å². The summed E-state index contributed by atoms with van der Waals surface area (Å²) in [4.78, 5) is 13.1. The Morgan fingerprint density at radius 2 is 2.13 bits per heavy atom. The van der Waals surface area contributed by atoms with Gasteiger partial charge in [-0.15, -0.1) is 11.3 Å². The number of aromatic amines is 1. The molecule has 0 spiro atoms. The van der Waals surface area contributed by atoms with Crippen LogP contribution in [0.5, 0.6) is 5.75 Å². The first-order chi connectivity index (χ1) is 11.1. The second-order valence-corrected chi connectivity index (χ2v) is 5.75. The molecule has 0 aliphatic rings. The third-order valence-corrected chi connectivity index (χ3v) is 4.12. The zero-order valence-corrected chi connectivity index (χ0v) is 13.1. The quantitative estimate of drug-likeness (QED) is 0.508. The van der Waals surface area contributed by atoms with Crippen LogP contribution < -0.4 is 5.43 Å². The SMILES string of the molecule is C/C(=N/NC(=O)c1cc(-c2cccs2)[nH]n1)c1ccccc1O. The number of carbonyl (C=O) groups excluding carboxylic acids is 1. The number of para-hydroxylation sites is 1. The lowest BCUT2D eigenvalue weighted by molar-refractivity contribution is 0.0950. The standard InChI is InChI=1S/C16H14N4O2S/c1-10(11-5-2-3-6-14(11)21)17-20-16(22)13-9-12(18-19-13)15-7-4-8-23-15/h2-9,21H,1H3,(H,18,19)(H,20,22)/b17-10-. The van der Waals surface area contributed by atoms with Gasteiger partial charge in [0.15, 0.2) is 5.69 Å².